The van der Waals surface area contributed by atoms with Crippen molar-refractivity contribution >= 4 is 23.2 Å². The first kappa shape index (κ1) is 11.0. The number of hydrogen-bond acceptors (Lipinski definition) is 1. The summed E-state index contributed by atoms with van der Waals surface area (Å²) in [6.45, 7) is 0.116. The van der Waals surface area contributed by atoms with Crippen molar-refractivity contribution in [2.24, 2.45) is 5.92 Å². The summed E-state index contributed by atoms with van der Waals surface area (Å²) in [5, 5.41) is 9.87. The summed E-state index contributed by atoms with van der Waals surface area (Å²) in [5.41, 5.74) is 1.23. The molecule has 3 heteroatoms. The van der Waals surface area contributed by atoms with Crippen LogP contribution in [0, 0.1) is 5.92 Å². The zero-order valence-corrected chi connectivity index (χ0v) is 9.67. The van der Waals surface area contributed by atoms with Crippen LogP contribution in [0.25, 0.3) is 0 Å². The smallest absolute Gasteiger partial charge is 0.0612 e. The lowest BCUT2D eigenvalue weighted by Crippen LogP contribution is -1.82. The van der Waals surface area contributed by atoms with Crippen molar-refractivity contribution in [3.8, 4) is 0 Å². The summed E-state index contributed by atoms with van der Waals surface area (Å²) in [5.74, 6) is 1.09. The molecular formula is C12H12Cl2O. The lowest BCUT2D eigenvalue weighted by molar-refractivity contribution is 0.342. The van der Waals surface area contributed by atoms with Gasteiger partial charge in [0.25, 0.3) is 0 Å². The van der Waals surface area contributed by atoms with Gasteiger partial charge in [-0.15, -0.1) is 0 Å². The SMILES string of the molecule is OC/C=C/C1CC1c1ccc(Cl)c(Cl)c1. The van der Waals surface area contributed by atoms with Crippen molar-refractivity contribution in [1.29, 1.82) is 0 Å². The van der Waals surface area contributed by atoms with Gasteiger partial charge < -0.3 is 5.11 Å². The molecule has 0 spiro atoms. The third-order valence-corrected chi connectivity index (χ3v) is 3.44. The quantitative estimate of drug-likeness (QED) is 0.803. The molecule has 1 aliphatic rings. The molecule has 1 aromatic rings. The summed E-state index contributed by atoms with van der Waals surface area (Å²) in [4.78, 5) is 0. The van der Waals surface area contributed by atoms with Gasteiger partial charge in [0.15, 0.2) is 0 Å². The van der Waals surface area contributed by atoms with Gasteiger partial charge in [0.2, 0.25) is 0 Å². The Bertz CT molecular complexity index is 387. The van der Waals surface area contributed by atoms with Crippen LogP contribution >= 0.6 is 23.2 Å². The Morgan fingerprint density at radius 3 is 2.80 bits per heavy atom. The van der Waals surface area contributed by atoms with Gasteiger partial charge in [-0.3, -0.25) is 0 Å². The first-order chi connectivity index (χ1) is 7.22. The highest BCUT2D eigenvalue weighted by Gasteiger charge is 2.36. The average Bonchev–Trinajstić information content (AvgIpc) is 2.98. The lowest BCUT2D eigenvalue weighted by atomic mass is 10.1. The first-order valence-electron chi connectivity index (χ1n) is 4.95. The Labute approximate surface area is 99.3 Å². The molecule has 0 aromatic heterocycles. The van der Waals surface area contributed by atoms with Crippen LogP contribution in [0.5, 0.6) is 0 Å². The fourth-order valence-electron chi connectivity index (χ4n) is 1.79. The van der Waals surface area contributed by atoms with Crippen LogP contribution < -0.4 is 0 Å². The van der Waals surface area contributed by atoms with E-state index in [-0.39, 0.29) is 6.61 Å². The minimum Gasteiger partial charge on any atom is -0.392 e. The molecule has 1 N–H and O–H groups in total. The van der Waals surface area contributed by atoms with E-state index in [4.69, 9.17) is 28.3 Å². The largest absolute Gasteiger partial charge is 0.392 e. The topological polar surface area (TPSA) is 20.2 Å². The highest BCUT2D eigenvalue weighted by Crippen LogP contribution is 2.49. The fraction of sp³-hybridized carbons (Fsp3) is 0.333. The van der Waals surface area contributed by atoms with E-state index in [0.29, 0.717) is 21.9 Å². The van der Waals surface area contributed by atoms with Gasteiger partial charge in [0.1, 0.15) is 0 Å². The zero-order valence-electron chi connectivity index (χ0n) is 8.16. The van der Waals surface area contributed by atoms with E-state index < -0.39 is 0 Å². The van der Waals surface area contributed by atoms with Crippen LogP contribution in [0.2, 0.25) is 10.0 Å². The van der Waals surface area contributed by atoms with Gasteiger partial charge in [0.05, 0.1) is 16.7 Å². The second kappa shape index (κ2) is 4.56. The molecule has 2 unspecified atom stereocenters. The number of halogens is 2. The minimum absolute atomic E-state index is 0.116. The Morgan fingerprint density at radius 1 is 1.33 bits per heavy atom. The average molecular weight is 243 g/mol. The van der Waals surface area contributed by atoms with E-state index in [1.165, 1.54) is 5.56 Å². The third-order valence-electron chi connectivity index (χ3n) is 2.70. The molecular weight excluding hydrogens is 231 g/mol. The normalized spacial score (nSPS) is 24.7. The summed E-state index contributed by atoms with van der Waals surface area (Å²) in [6.07, 6.45) is 4.99. The molecule has 0 bridgehead atoms. The zero-order chi connectivity index (χ0) is 10.8. The Balaban J connectivity index is 2.07. The molecule has 15 heavy (non-hydrogen) atoms. The number of benzene rings is 1. The molecule has 1 fully saturated rings. The van der Waals surface area contributed by atoms with Gasteiger partial charge in [-0.1, -0.05) is 41.4 Å². The van der Waals surface area contributed by atoms with Gasteiger partial charge in [0, 0.05) is 0 Å². The molecule has 1 saturated carbocycles. The third kappa shape index (κ3) is 2.54. The molecule has 2 rings (SSSR count). The molecule has 0 amide bonds. The minimum atomic E-state index is 0.116. The molecule has 1 nitrogen and oxygen atoms in total. The number of rotatable bonds is 3. The van der Waals surface area contributed by atoms with Gasteiger partial charge in [-0.25, -0.2) is 0 Å². The number of hydrogen-bond donors (Lipinski definition) is 1. The molecule has 0 heterocycles. The number of aliphatic hydroxyl groups excluding tert-OH is 1. The first-order valence-corrected chi connectivity index (χ1v) is 5.70. The predicted octanol–water partition coefficient (Wildman–Crippen LogP) is 3.65. The summed E-state index contributed by atoms with van der Waals surface area (Å²) in [7, 11) is 0. The standard InChI is InChI=1S/C12H12Cl2O/c13-11-4-3-9(7-12(11)14)10-6-8(10)2-1-5-15/h1-4,7-8,10,15H,5-6H2/b2-1+. The molecule has 1 aliphatic carbocycles. The maximum Gasteiger partial charge on any atom is 0.0612 e. The lowest BCUT2D eigenvalue weighted by Gasteiger charge is -2.00. The highest BCUT2D eigenvalue weighted by atomic mass is 35.5. The van der Waals surface area contributed by atoms with Gasteiger partial charge >= 0.3 is 0 Å². The van der Waals surface area contributed by atoms with E-state index in [1.54, 1.807) is 6.08 Å². The fourth-order valence-corrected chi connectivity index (χ4v) is 2.10. The molecule has 0 aliphatic heterocycles. The molecule has 1 aromatic carbocycles. The van der Waals surface area contributed by atoms with Crippen molar-refractivity contribution in [2.45, 2.75) is 12.3 Å². The van der Waals surface area contributed by atoms with Crippen LogP contribution in [-0.2, 0) is 0 Å². The number of allylic oxidation sites excluding steroid dienone is 1. The molecule has 0 radical (unpaired) electrons. The van der Waals surface area contributed by atoms with E-state index in [1.807, 2.05) is 18.2 Å². The molecule has 2 atom stereocenters. The van der Waals surface area contributed by atoms with Crippen molar-refractivity contribution in [2.75, 3.05) is 6.61 Å². The summed E-state index contributed by atoms with van der Waals surface area (Å²) in [6, 6.07) is 5.79. The second-order valence-corrected chi connectivity index (χ2v) is 4.60. The van der Waals surface area contributed by atoms with E-state index in [9.17, 15) is 0 Å². The van der Waals surface area contributed by atoms with Crippen molar-refractivity contribution < 1.29 is 5.11 Å². The monoisotopic (exact) mass is 242 g/mol. The Kier molecular flexibility index (Phi) is 3.35. The summed E-state index contributed by atoms with van der Waals surface area (Å²) < 4.78 is 0. The maximum atomic E-state index is 8.65. The Morgan fingerprint density at radius 2 is 2.13 bits per heavy atom. The predicted molar refractivity (Wildman–Crippen MR) is 63.5 cm³/mol. The van der Waals surface area contributed by atoms with Crippen molar-refractivity contribution in [1.82, 2.24) is 0 Å². The maximum absolute atomic E-state index is 8.65. The van der Waals surface area contributed by atoms with Gasteiger partial charge in [-0.2, -0.15) is 0 Å². The van der Waals surface area contributed by atoms with Crippen LogP contribution in [0.15, 0.2) is 30.4 Å². The second-order valence-electron chi connectivity index (χ2n) is 3.79. The Hall–Kier alpha value is -0.500. The van der Waals surface area contributed by atoms with Crippen LogP contribution in [-0.4, -0.2) is 11.7 Å². The van der Waals surface area contributed by atoms with Crippen molar-refractivity contribution in [3.05, 3.63) is 46.0 Å². The van der Waals surface area contributed by atoms with Crippen molar-refractivity contribution in [3.63, 3.8) is 0 Å². The molecule has 0 saturated heterocycles. The van der Waals surface area contributed by atoms with E-state index in [0.717, 1.165) is 6.42 Å². The van der Waals surface area contributed by atoms with Crippen LogP contribution in [0.1, 0.15) is 17.9 Å². The highest BCUT2D eigenvalue weighted by molar-refractivity contribution is 6.42. The van der Waals surface area contributed by atoms with Gasteiger partial charge in [-0.05, 0) is 36.0 Å². The van der Waals surface area contributed by atoms with E-state index in [2.05, 4.69) is 6.08 Å². The number of aliphatic hydroxyl groups is 1. The van der Waals surface area contributed by atoms with Crippen LogP contribution in [0.3, 0.4) is 0 Å². The van der Waals surface area contributed by atoms with Crippen LogP contribution in [0.4, 0.5) is 0 Å². The van der Waals surface area contributed by atoms with E-state index >= 15 is 0 Å². The summed E-state index contributed by atoms with van der Waals surface area (Å²) >= 11 is 11.8. The molecule has 80 valence electrons.